The zero-order valence-electron chi connectivity index (χ0n) is 5.11. The Bertz CT molecular complexity index is 176. The molecule has 56 valence electrons. The third kappa shape index (κ3) is 1.26. The Labute approximate surface area is 57.0 Å². The van der Waals surface area contributed by atoms with E-state index in [2.05, 4.69) is 9.47 Å². The second kappa shape index (κ2) is 2.68. The van der Waals surface area contributed by atoms with Crippen LogP contribution in [0.3, 0.4) is 0 Å². The predicted molar refractivity (Wildman–Crippen MR) is 30.7 cm³/mol. The van der Waals surface area contributed by atoms with Crippen LogP contribution in [0.25, 0.3) is 0 Å². The number of aliphatic carboxylic acids is 1. The van der Waals surface area contributed by atoms with Gasteiger partial charge in [-0.3, -0.25) is 0 Å². The summed E-state index contributed by atoms with van der Waals surface area (Å²) in [7, 11) is 0. The molecule has 0 saturated heterocycles. The maximum atomic E-state index is 10.3. The highest BCUT2D eigenvalue weighted by Gasteiger charge is 2.20. The third-order valence-corrected chi connectivity index (χ3v) is 1.08. The molecule has 0 amide bonds. The molecule has 1 unspecified atom stereocenters. The van der Waals surface area contributed by atoms with Gasteiger partial charge in [0.15, 0.2) is 6.79 Å². The van der Waals surface area contributed by atoms with E-state index in [1.54, 1.807) is 0 Å². The molecule has 5 nitrogen and oxygen atoms in total. The third-order valence-electron chi connectivity index (χ3n) is 1.08. The van der Waals surface area contributed by atoms with E-state index >= 15 is 0 Å². The number of nitrogens with two attached hydrogens (primary N) is 1. The van der Waals surface area contributed by atoms with Gasteiger partial charge in [0, 0.05) is 0 Å². The number of ether oxygens (including phenoxy) is 2. The van der Waals surface area contributed by atoms with Gasteiger partial charge < -0.3 is 20.3 Å². The molecule has 1 aliphatic heterocycles. The van der Waals surface area contributed by atoms with E-state index in [0.29, 0.717) is 0 Å². The Kier molecular flexibility index (Phi) is 1.88. The molecule has 1 aliphatic rings. The highest BCUT2D eigenvalue weighted by molar-refractivity contribution is 5.87. The van der Waals surface area contributed by atoms with E-state index in [-0.39, 0.29) is 12.4 Å². The van der Waals surface area contributed by atoms with Crippen LogP contribution in [0.2, 0.25) is 0 Å². The van der Waals surface area contributed by atoms with Crippen molar-refractivity contribution in [3.05, 3.63) is 11.8 Å². The number of hydrogen-bond acceptors (Lipinski definition) is 4. The van der Waals surface area contributed by atoms with Crippen LogP contribution in [0, 0.1) is 0 Å². The van der Waals surface area contributed by atoms with E-state index in [4.69, 9.17) is 10.8 Å². The molecule has 0 fully saturated rings. The van der Waals surface area contributed by atoms with Crippen LogP contribution in [0.1, 0.15) is 0 Å². The van der Waals surface area contributed by atoms with Crippen molar-refractivity contribution in [2.24, 2.45) is 5.73 Å². The molecule has 1 rings (SSSR count). The lowest BCUT2D eigenvalue weighted by atomic mass is 10.2. The molecule has 0 aliphatic carbocycles. The molecule has 1 atom stereocenters. The first-order chi connectivity index (χ1) is 4.72. The molecule has 0 aromatic heterocycles. The average molecular weight is 145 g/mol. The molecule has 0 aromatic carbocycles. The van der Waals surface area contributed by atoms with Crippen LogP contribution in [0.5, 0.6) is 0 Å². The fraction of sp³-hybridized carbons (Fsp3) is 0.400. The van der Waals surface area contributed by atoms with E-state index in [1.807, 2.05) is 0 Å². The quantitative estimate of drug-likeness (QED) is 0.507. The van der Waals surface area contributed by atoms with Gasteiger partial charge in [-0.15, -0.1) is 0 Å². The summed E-state index contributed by atoms with van der Waals surface area (Å²) in [6.07, 6.45) is 0.225. The lowest BCUT2D eigenvalue weighted by Gasteiger charge is -2.17. The molecule has 0 saturated carbocycles. The molecule has 0 spiro atoms. The summed E-state index contributed by atoms with van der Waals surface area (Å²) in [6, 6.07) is 0. The van der Waals surface area contributed by atoms with E-state index in [1.165, 1.54) is 0 Å². The number of rotatable bonds is 1. The predicted octanol–water partition coefficient (Wildman–Crippen LogP) is -0.756. The molecule has 10 heavy (non-hydrogen) atoms. The smallest absolute Gasteiger partial charge is 0.338 e. The maximum absolute atomic E-state index is 10.3. The number of hydrogen-bond donors (Lipinski definition) is 2. The Hall–Kier alpha value is -1.07. The monoisotopic (exact) mass is 145 g/mol. The first-order valence-corrected chi connectivity index (χ1v) is 2.64. The molecular formula is C5H7NO4. The SMILES string of the molecule is NC1OCOC=C1C(=O)O. The van der Waals surface area contributed by atoms with Crippen LogP contribution in [-0.4, -0.2) is 24.1 Å². The molecular weight excluding hydrogens is 138 g/mol. The lowest BCUT2D eigenvalue weighted by Crippen LogP contribution is -2.33. The summed E-state index contributed by atoms with van der Waals surface area (Å²) in [5.41, 5.74) is 5.16. The fourth-order valence-electron chi connectivity index (χ4n) is 0.565. The minimum Gasteiger partial charge on any atom is -0.478 e. The summed E-state index contributed by atoms with van der Waals surface area (Å²) in [5, 5.41) is 8.40. The van der Waals surface area contributed by atoms with Gasteiger partial charge in [0.25, 0.3) is 0 Å². The van der Waals surface area contributed by atoms with Gasteiger partial charge >= 0.3 is 5.97 Å². The second-order valence-corrected chi connectivity index (χ2v) is 1.75. The highest BCUT2D eigenvalue weighted by atomic mass is 16.7. The fourth-order valence-corrected chi connectivity index (χ4v) is 0.565. The maximum Gasteiger partial charge on any atom is 0.338 e. The minimum atomic E-state index is -1.12. The van der Waals surface area contributed by atoms with Gasteiger partial charge in [-0.25, -0.2) is 4.79 Å². The summed E-state index contributed by atoms with van der Waals surface area (Å²) in [4.78, 5) is 10.3. The van der Waals surface area contributed by atoms with Crippen molar-refractivity contribution in [2.75, 3.05) is 6.79 Å². The van der Waals surface area contributed by atoms with Crippen LogP contribution in [0.4, 0.5) is 0 Å². The standard InChI is InChI=1S/C5H7NO4/c6-4-3(5(7)8)1-9-2-10-4/h1,4H,2,6H2,(H,7,8). The van der Waals surface area contributed by atoms with Crippen molar-refractivity contribution >= 4 is 5.97 Å². The Morgan fingerprint density at radius 2 is 2.60 bits per heavy atom. The van der Waals surface area contributed by atoms with Crippen molar-refractivity contribution in [2.45, 2.75) is 6.23 Å². The highest BCUT2D eigenvalue weighted by Crippen LogP contribution is 2.07. The molecule has 5 heteroatoms. The van der Waals surface area contributed by atoms with Crippen molar-refractivity contribution in [3.8, 4) is 0 Å². The largest absolute Gasteiger partial charge is 0.478 e. The zero-order valence-corrected chi connectivity index (χ0v) is 5.11. The van der Waals surface area contributed by atoms with E-state index < -0.39 is 12.2 Å². The Morgan fingerprint density at radius 3 is 3.00 bits per heavy atom. The first kappa shape index (κ1) is 7.04. The van der Waals surface area contributed by atoms with Gasteiger partial charge in [-0.05, 0) is 0 Å². The lowest BCUT2D eigenvalue weighted by molar-refractivity contribution is -0.137. The normalized spacial score (nSPS) is 24.9. The number of carboxylic acid groups (broad SMARTS) is 1. The number of carbonyl (C=O) groups is 1. The summed E-state index contributed by atoms with van der Waals surface area (Å²) >= 11 is 0. The molecule has 3 N–H and O–H groups in total. The van der Waals surface area contributed by atoms with E-state index in [9.17, 15) is 4.79 Å². The van der Waals surface area contributed by atoms with Crippen LogP contribution < -0.4 is 5.73 Å². The van der Waals surface area contributed by atoms with Crippen LogP contribution in [0.15, 0.2) is 11.8 Å². The Balaban J connectivity index is 2.71. The van der Waals surface area contributed by atoms with Crippen LogP contribution >= 0.6 is 0 Å². The molecule has 1 heterocycles. The first-order valence-electron chi connectivity index (χ1n) is 2.64. The topological polar surface area (TPSA) is 81.8 Å². The van der Waals surface area contributed by atoms with Gasteiger partial charge in [-0.1, -0.05) is 0 Å². The summed E-state index contributed by atoms with van der Waals surface area (Å²) in [6.45, 7) is 0.0119. The molecule has 0 aromatic rings. The summed E-state index contributed by atoms with van der Waals surface area (Å²) < 4.78 is 9.23. The van der Waals surface area contributed by atoms with Crippen molar-refractivity contribution in [1.82, 2.24) is 0 Å². The van der Waals surface area contributed by atoms with Crippen molar-refractivity contribution < 1.29 is 19.4 Å². The minimum absolute atomic E-state index is 0.0119. The molecule has 0 bridgehead atoms. The van der Waals surface area contributed by atoms with Gasteiger partial charge in [0.05, 0.1) is 0 Å². The summed E-state index contributed by atoms with van der Waals surface area (Å²) in [5.74, 6) is -1.12. The molecule has 0 radical (unpaired) electrons. The van der Waals surface area contributed by atoms with Crippen molar-refractivity contribution in [1.29, 1.82) is 0 Å². The van der Waals surface area contributed by atoms with Gasteiger partial charge in [-0.2, -0.15) is 0 Å². The van der Waals surface area contributed by atoms with Gasteiger partial charge in [0.2, 0.25) is 0 Å². The Morgan fingerprint density at radius 1 is 1.90 bits per heavy atom. The van der Waals surface area contributed by atoms with Crippen LogP contribution in [-0.2, 0) is 14.3 Å². The van der Waals surface area contributed by atoms with E-state index in [0.717, 1.165) is 6.26 Å². The van der Waals surface area contributed by atoms with Crippen molar-refractivity contribution in [3.63, 3.8) is 0 Å². The van der Waals surface area contributed by atoms with Gasteiger partial charge in [0.1, 0.15) is 18.1 Å². The zero-order chi connectivity index (χ0) is 7.56. The second-order valence-electron chi connectivity index (χ2n) is 1.75. The number of carboxylic acids is 1. The average Bonchev–Trinajstić information content (AvgIpc) is 1.88.